The smallest absolute Gasteiger partial charge is 0.218 e. The van der Waals surface area contributed by atoms with Gasteiger partial charge in [-0.3, -0.25) is 0 Å². The molecule has 1 saturated carbocycles. The van der Waals surface area contributed by atoms with E-state index in [1.54, 1.807) is 6.07 Å². The largest absolute Gasteiger partial charge is 0.493 e. The number of hydrogen-bond acceptors (Lipinski definition) is 3. The number of azo groups is 1. The summed E-state index contributed by atoms with van der Waals surface area (Å²) in [6.45, 7) is 2.20. The number of fused-ring (bicyclic) bond motifs is 1. The van der Waals surface area contributed by atoms with Crippen LogP contribution in [0.1, 0.15) is 32.6 Å². The van der Waals surface area contributed by atoms with E-state index >= 15 is 0 Å². The molecule has 1 aromatic carbocycles. The number of nitrogens with zero attached hydrogens (tertiary/aromatic N) is 2. The third-order valence-electron chi connectivity index (χ3n) is 4.38. The Balaban J connectivity index is 1.74. The fraction of sp³-hybridized carbons (Fsp3) is 0.438. The first-order valence-electron chi connectivity index (χ1n) is 7.77. The number of benzene rings is 1. The second-order valence-electron chi connectivity index (χ2n) is 6.03. The van der Waals surface area contributed by atoms with Gasteiger partial charge in [0.15, 0.2) is 5.69 Å². The van der Waals surface area contributed by atoms with Crippen LogP contribution in [0.3, 0.4) is 0 Å². The molecule has 2 atom stereocenters. The Morgan fingerprint density at radius 2 is 2.17 bits per heavy atom. The summed E-state index contributed by atoms with van der Waals surface area (Å²) in [6, 6.07) is 4.49. The Hall–Kier alpha value is -2.02. The minimum atomic E-state index is -0.384. The van der Waals surface area contributed by atoms with Crippen LogP contribution in [0.4, 0.5) is 10.1 Å². The molecule has 5 nitrogen and oxygen atoms in total. The topological polar surface area (TPSA) is 72.8 Å². The van der Waals surface area contributed by atoms with Gasteiger partial charge in [0.05, 0.1) is 5.52 Å². The molecule has 0 radical (unpaired) electrons. The maximum Gasteiger partial charge on any atom is 0.218 e. The van der Waals surface area contributed by atoms with Crippen molar-refractivity contribution in [3.63, 3.8) is 0 Å². The molecule has 1 heterocycles. The van der Waals surface area contributed by atoms with Crippen LogP contribution in [0.5, 0.6) is 5.88 Å². The lowest BCUT2D eigenvalue weighted by atomic mass is 9.86. The number of hydrogen-bond donors (Lipinski definition) is 3. The summed E-state index contributed by atoms with van der Waals surface area (Å²) in [5.41, 5.74) is 0.733. The van der Waals surface area contributed by atoms with E-state index in [1.165, 1.54) is 31.4 Å². The highest BCUT2D eigenvalue weighted by atomic mass is 32.1. The van der Waals surface area contributed by atoms with Gasteiger partial charge in [-0.2, -0.15) is 0 Å². The number of rotatable bonds is 2. The summed E-state index contributed by atoms with van der Waals surface area (Å²) in [4.78, 5) is 2.68. The molecule has 0 bridgehead atoms. The van der Waals surface area contributed by atoms with Crippen molar-refractivity contribution < 1.29 is 9.50 Å². The van der Waals surface area contributed by atoms with Gasteiger partial charge in [0.2, 0.25) is 11.0 Å². The first-order chi connectivity index (χ1) is 11.0. The second kappa shape index (κ2) is 6.62. The van der Waals surface area contributed by atoms with Crippen molar-refractivity contribution in [2.75, 3.05) is 0 Å². The number of nitrogens with one attached hydrogen (secondary N) is 2. The molecule has 0 unspecified atom stereocenters. The summed E-state index contributed by atoms with van der Waals surface area (Å²) >= 11 is 5.22. The Kier molecular flexibility index (Phi) is 4.56. The molecule has 0 saturated heterocycles. The van der Waals surface area contributed by atoms with Crippen LogP contribution in [0.2, 0.25) is 0 Å². The zero-order valence-corrected chi connectivity index (χ0v) is 13.7. The summed E-state index contributed by atoms with van der Waals surface area (Å²) < 4.78 is 13.2. The van der Waals surface area contributed by atoms with Crippen LogP contribution in [0.15, 0.2) is 28.4 Å². The molecule has 0 amide bonds. The van der Waals surface area contributed by atoms with Crippen molar-refractivity contribution in [3.05, 3.63) is 24.0 Å². The van der Waals surface area contributed by atoms with Crippen molar-refractivity contribution in [3.8, 4) is 5.88 Å². The molecule has 7 heteroatoms. The van der Waals surface area contributed by atoms with Gasteiger partial charge >= 0.3 is 0 Å². The average molecular weight is 334 g/mol. The van der Waals surface area contributed by atoms with Crippen molar-refractivity contribution in [2.45, 2.75) is 38.6 Å². The lowest BCUT2D eigenvalue weighted by molar-refractivity contribution is 0.309. The number of thiocarbonyl (C=S) groups is 1. The van der Waals surface area contributed by atoms with Crippen molar-refractivity contribution >= 4 is 33.9 Å². The molecule has 0 aliphatic heterocycles. The first-order valence-corrected chi connectivity index (χ1v) is 8.18. The third kappa shape index (κ3) is 3.50. The fourth-order valence-electron chi connectivity index (χ4n) is 3.06. The van der Waals surface area contributed by atoms with Gasteiger partial charge in [-0.05, 0) is 49.2 Å². The predicted octanol–water partition coefficient (Wildman–Crippen LogP) is 4.55. The third-order valence-corrected chi connectivity index (χ3v) is 4.57. The zero-order chi connectivity index (χ0) is 16.4. The number of aromatic hydroxyl groups is 1. The van der Waals surface area contributed by atoms with Crippen LogP contribution in [0, 0.1) is 11.7 Å². The van der Waals surface area contributed by atoms with E-state index in [4.69, 9.17) is 12.2 Å². The molecule has 23 heavy (non-hydrogen) atoms. The molecule has 1 aliphatic carbocycles. The van der Waals surface area contributed by atoms with E-state index in [0.29, 0.717) is 28.0 Å². The number of aromatic amines is 1. The zero-order valence-electron chi connectivity index (χ0n) is 12.8. The molecule has 1 fully saturated rings. The molecular weight excluding hydrogens is 315 g/mol. The Morgan fingerprint density at radius 3 is 2.96 bits per heavy atom. The molecule has 2 aromatic rings. The highest BCUT2D eigenvalue weighted by Gasteiger charge is 2.21. The Labute approximate surface area is 139 Å². The van der Waals surface area contributed by atoms with Crippen LogP contribution in [-0.4, -0.2) is 21.2 Å². The summed E-state index contributed by atoms with van der Waals surface area (Å²) in [5.74, 6) is 0.0234. The SMILES string of the molecule is C[C@H]1CCCC[C@@H]1NC(=S)N=Nc1c(O)[nH]c2cc(F)ccc12. The van der Waals surface area contributed by atoms with Crippen molar-refractivity contribution in [2.24, 2.45) is 16.1 Å². The van der Waals surface area contributed by atoms with Gasteiger partial charge in [-0.15, -0.1) is 10.2 Å². The molecule has 3 N–H and O–H groups in total. The van der Waals surface area contributed by atoms with Crippen LogP contribution in [-0.2, 0) is 0 Å². The van der Waals surface area contributed by atoms with Gasteiger partial charge in [0.25, 0.3) is 0 Å². The van der Waals surface area contributed by atoms with Crippen LogP contribution >= 0.6 is 12.2 Å². The van der Waals surface area contributed by atoms with Gasteiger partial charge in [-0.1, -0.05) is 19.8 Å². The monoisotopic (exact) mass is 334 g/mol. The van der Waals surface area contributed by atoms with Crippen LogP contribution in [0.25, 0.3) is 10.9 Å². The molecule has 0 spiro atoms. The maximum atomic E-state index is 13.2. The molecule has 1 aromatic heterocycles. The van der Waals surface area contributed by atoms with Gasteiger partial charge in [0, 0.05) is 11.4 Å². The second-order valence-corrected chi connectivity index (χ2v) is 6.42. The van der Waals surface area contributed by atoms with Gasteiger partial charge in [0.1, 0.15) is 5.82 Å². The minimum Gasteiger partial charge on any atom is -0.493 e. The molecule has 1 aliphatic rings. The van der Waals surface area contributed by atoms with E-state index in [2.05, 4.69) is 27.5 Å². The fourth-order valence-corrected chi connectivity index (χ4v) is 3.25. The summed E-state index contributed by atoms with van der Waals surface area (Å²) in [7, 11) is 0. The molecule has 3 rings (SSSR count). The average Bonchev–Trinajstić information content (AvgIpc) is 2.82. The Bertz CT molecular complexity index is 758. The normalized spacial score (nSPS) is 21.8. The summed E-state index contributed by atoms with van der Waals surface area (Å²) in [5, 5.41) is 22.1. The lowest BCUT2D eigenvalue weighted by Gasteiger charge is -2.29. The maximum absolute atomic E-state index is 13.2. The highest BCUT2D eigenvalue weighted by molar-refractivity contribution is 7.80. The van der Waals surface area contributed by atoms with E-state index in [0.717, 1.165) is 6.42 Å². The summed E-state index contributed by atoms with van der Waals surface area (Å²) in [6.07, 6.45) is 4.71. The first kappa shape index (κ1) is 15.9. The van der Waals surface area contributed by atoms with Gasteiger partial charge in [-0.25, -0.2) is 4.39 Å². The lowest BCUT2D eigenvalue weighted by Crippen LogP contribution is -2.39. The van der Waals surface area contributed by atoms with Gasteiger partial charge < -0.3 is 15.4 Å². The van der Waals surface area contributed by atoms with E-state index in [9.17, 15) is 9.50 Å². The Morgan fingerprint density at radius 1 is 1.39 bits per heavy atom. The van der Waals surface area contributed by atoms with Crippen molar-refractivity contribution in [1.82, 2.24) is 10.3 Å². The quantitative estimate of drug-likeness (QED) is 0.557. The number of aromatic nitrogens is 1. The van der Waals surface area contributed by atoms with E-state index in [1.807, 2.05) is 0 Å². The predicted molar refractivity (Wildman–Crippen MR) is 91.6 cm³/mol. The standard InChI is InChI=1S/C16H19FN4OS/c1-9-4-2-3-5-12(9)19-16(23)21-20-14-11-7-6-10(17)8-13(11)18-15(14)22/h6-9,12,18,22H,2-5H2,1H3,(H,19,23)/t9-,12-/m0/s1. The number of halogens is 1. The molecular formula is C16H19FN4OS. The van der Waals surface area contributed by atoms with E-state index in [-0.39, 0.29) is 17.4 Å². The number of H-pyrrole nitrogens is 1. The van der Waals surface area contributed by atoms with E-state index < -0.39 is 0 Å². The minimum absolute atomic E-state index is 0.150. The van der Waals surface area contributed by atoms with Crippen molar-refractivity contribution in [1.29, 1.82) is 0 Å². The van der Waals surface area contributed by atoms with Crippen LogP contribution < -0.4 is 5.32 Å². The molecule has 122 valence electrons. The highest BCUT2D eigenvalue weighted by Crippen LogP contribution is 2.35.